The summed E-state index contributed by atoms with van der Waals surface area (Å²) in [4.78, 5) is 21.2. The van der Waals surface area contributed by atoms with Crippen LogP contribution >= 0.6 is 0 Å². The number of allylic oxidation sites excluding steroid dienone is 1. The van der Waals surface area contributed by atoms with Crippen LogP contribution < -0.4 is 10.5 Å². The van der Waals surface area contributed by atoms with Crippen molar-refractivity contribution in [3.8, 4) is 11.5 Å². The number of aromatic nitrogens is 1. The molecule has 0 spiro atoms. The van der Waals surface area contributed by atoms with Crippen LogP contribution in [0.3, 0.4) is 0 Å². The summed E-state index contributed by atoms with van der Waals surface area (Å²) in [6.07, 6.45) is 2.92. The molecule has 0 saturated carbocycles. The average molecular weight is 457 g/mol. The Labute approximate surface area is 199 Å². The number of nitrogen functional groups attached to an aromatic ring is 1. The Kier molecular flexibility index (Phi) is 6.82. The molecule has 1 aliphatic heterocycles. The molecule has 0 aliphatic carbocycles. The maximum atomic E-state index is 13.1. The monoisotopic (exact) mass is 456 g/mol. The minimum Gasteiger partial charge on any atom is -0.508 e. The number of hydrogen-bond acceptors (Lipinski definition) is 6. The van der Waals surface area contributed by atoms with E-state index in [1.807, 2.05) is 53.4 Å². The molecule has 1 amide bonds. The minimum absolute atomic E-state index is 0.113. The van der Waals surface area contributed by atoms with Gasteiger partial charge in [-0.05, 0) is 60.4 Å². The lowest BCUT2D eigenvalue weighted by atomic mass is 10.1. The summed E-state index contributed by atoms with van der Waals surface area (Å²) >= 11 is 0. The van der Waals surface area contributed by atoms with Crippen molar-refractivity contribution >= 4 is 11.7 Å². The largest absolute Gasteiger partial charge is 0.508 e. The van der Waals surface area contributed by atoms with E-state index >= 15 is 0 Å². The summed E-state index contributed by atoms with van der Waals surface area (Å²) in [5.74, 6) is 1.94. The molecule has 1 aliphatic rings. The third kappa shape index (κ3) is 5.38. The normalized spacial score (nSPS) is 13.7. The van der Waals surface area contributed by atoms with E-state index in [2.05, 4.69) is 11.6 Å². The summed E-state index contributed by atoms with van der Waals surface area (Å²) in [7, 11) is 1.62. The Bertz CT molecular complexity index is 1200. The fourth-order valence-corrected chi connectivity index (χ4v) is 3.90. The van der Waals surface area contributed by atoms with Gasteiger partial charge < -0.3 is 20.5 Å². The Hall–Kier alpha value is -4.26. The zero-order valence-electron chi connectivity index (χ0n) is 19.1. The molecule has 7 nitrogen and oxygen atoms in total. The molecule has 34 heavy (non-hydrogen) atoms. The molecule has 0 saturated heterocycles. The summed E-state index contributed by atoms with van der Waals surface area (Å²) < 4.78 is 5.23. The van der Waals surface area contributed by atoms with Crippen LogP contribution in [0, 0.1) is 0 Å². The first-order valence-electron chi connectivity index (χ1n) is 11.0. The van der Waals surface area contributed by atoms with E-state index in [1.165, 1.54) is 0 Å². The van der Waals surface area contributed by atoms with Crippen molar-refractivity contribution in [2.75, 3.05) is 12.8 Å². The Morgan fingerprint density at radius 1 is 0.941 bits per heavy atom. The molecule has 0 atom stereocenters. The maximum Gasteiger partial charge on any atom is 0.254 e. The predicted octanol–water partition coefficient (Wildman–Crippen LogP) is 4.21. The van der Waals surface area contributed by atoms with E-state index < -0.39 is 0 Å². The molecular weight excluding hydrogens is 428 g/mol. The number of aryl methyl sites for hydroxylation is 1. The van der Waals surface area contributed by atoms with Crippen LogP contribution in [0.15, 0.2) is 90.9 Å². The van der Waals surface area contributed by atoms with Crippen molar-refractivity contribution in [3.63, 3.8) is 0 Å². The van der Waals surface area contributed by atoms with Crippen molar-refractivity contribution in [1.82, 2.24) is 14.8 Å². The molecule has 2 aromatic carbocycles. The number of nitrogens with two attached hydrogens (primary N) is 1. The van der Waals surface area contributed by atoms with E-state index in [0.29, 0.717) is 37.6 Å². The van der Waals surface area contributed by atoms with Crippen LogP contribution in [0.4, 0.5) is 5.82 Å². The number of pyridine rings is 1. The van der Waals surface area contributed by atoms with E-state index in [0.717, 1.165) is 28.3 Å². The first kappa shape index (κ1) is 22.9. The van der Waals surface area contributed by atoms with Gasteiger partial charge in [-0.2, -0.15) is 0 Å². The third-order valence-corrected chi connectivity index (χ3v) is 5.77. The van der Waals surface area contributed by atoms with Crippen LogP contribution in [0.25, 0.3) is 0 Å². The van der Waals surface area contributed by atoms with Crippen LogP contribution in [0.5, 0.6) is 11.5 Å². The lowest BCUT2D eigenvalue weighted by molar-refractivity contribution is -0.126. The van der Waals surface area contributed by atoms with Crippen molar-refractivity contribution in [3.05, 3.63) is 108 Å². The molecule has 0 unspecified atom stereocenters. The molecule has 0 bridgehead atoms. The number of nitrogens with zero attached hydrogens (tertiary/aromatic N) is 3. The SMILES string of the molecule is C=C1N(Cc2ccc(OC)cc2)C(=O)C=C(CCc2cccc(N)n2)N1Cc1ccc(O)cc1. The van der Waals surface area contributed by atoms with Crippen molar-refractivity contribution in [1.29, 1.82) is 0 Å². The molecule has 3 aromatic rings. The zero-order chi connectivity index (χ0) is 24.1. The Balaban J connectivity index is 1.59. The summed E-state index contributed by atoms with van der Waals surface area (Å²) in [6, 6.07) is 20.2. The molecule has 174 valence electrons. The molecule has 7 heteroatoms. The number of carbonyl (C=O) groups is 1. The topological polar surface area (TPSA) is 91.9 Å². The number of rotatable bonds is 8. The number of ether oxygens (including phenoxy) is 1. The molecule has 4 rings (SSSR count). The van der Waals surface area contributed by atoms with Crippen LogP contribution in [-0.2, 0) is 24.3 Å². The van der Waals surface area contributed by atoms with Gasteiger partial charge in [0.15, 0.2) is 0 Å². The highest BCUT2D eigenvalue weighted by atomic mass is 16.5. The maximum absolute atomic E-state index is 13.1. The highest BCUT2D eigenvalue weighted by Crippen LogP contribution is 2.29. The smallest absolute Gasteiger partial charge is 0.254 e. The number of anilines is 1. The predicted molar refractivity (Wildman–Crippen MR) is 131 cm³/mol. The number of phenolic OH excluding ortho intramolecular Hbond substituents is 1. The first-order valence-corrected chi connectivity index (χ1v) is 11.0. The molecule has 1 aromatic heterocycles. The molecular formula is C27H28N4O3. The number of aromatic hydroxyl groups is 1. The van der Waals surface area contributed by atoms with Gasteiger partial charge in [-0.1, -0.05) is 36.9 Å². The average Bonchev–Trinajstić information content (AvgIpc) is 2.84. The zero-order valence-corrected chi connectivity index (χ0v) is 19.1. The van der Waals surface area contributed by atoms with Gasteiger partial charge in [0.2, 0.25) is 0 Å². The van der Waals surface area contributed by atoms with Crippen molar-refractivity contribution in [2.24, 2.45) is 0 Å². The number of methoxy groups -OCH3 is 1. The summed E-state index contributed by atoms with van der Waals surface area (Å²) in [6.45, 7) is 5.18. The molecule has 3 N–H and O–H groups in total. The van der Waals surface area contributed by atoms with E-state index in [9.17, 15) is 9.90 Å². The van der Waals surface area contributed by atoms with Crippen molar-refractivity contribution in [2.45, 2.75) is 25.9 Å². The standard InChI is InChI=1S/C27H28N4O3/c1-19-30(17-20-6-12-24(32)13-7-20)23(11-10-22-4-3-5-26(28)29-22)16-27(33)31(19)18-21-8-14-25(34-2)15-9-21/h3-9,12-16,32H,1,10-11,17-18H2,2H3,(H2,28,29). The fraction of sp³-hybridized carbons (Fsp3) is 0.185. The number of phenols is 1. The molecule has 0 fully saturated rings. The van der Waals surface area contributed by atoms with Gasteiger partial charge in [-0.15, -0.1) is 0 Å². The second-order valence-corrected chi connectivity index (χ2v) is 8.13. The second kappa shape index (κ2) is 10.1. The highest BCUT2D eigenvalue weighted by Gasteiger charge is 2.28. The molecule has 2 heterocycles. The number of benzene rings is 2. The van der Waals surface area contributed by atoms with Gasteiger partial charge in [0, 0.05) is 24.0 Å². The van der Waals surface area contributed by atoms with E-state index in [-0.39, 0.29) is 11.7 Å². The highest BCUT2D eigenvalue weighted by molar-refractivity contribution is 5.90. The summed E-state index contributed by atoms with van der Waals surface area (Å²) in [5.41, 5.74) is 9.51. The van der Waals surface area contributed by atoms with E-state index in [1.54, 1.807) is 36.3 Å². The van der Waals surface area contributed by atoms with Gasteiger partial charge in [-0.25, -0.2) is 4.98 Å². The van der Waals surface area contributed by atoms with Crippen LogP contribution in [0.1, 0.15) is 23.2 Å². The minimum atomic E-state index is -0.113. The summed E-state index contributed by atoms with van der Waals surface area (Å²) in [5, 5.41) is 9.66. The fourth-order valence-electron chi connectivity index (χ4n) is 3.90. The Morgan fingerprint density at radius 3 is 2.24 bits per heavy atom. The van der Waals surface area contributed by atoms with Gasteiger partial charge >= 0.3 is 0 Å². The van der Waals surface area contributed by atoms with Gasteiger partial charge in [-0.3, -0.25) is 9.69 Å². The lowest BCUT2D eigenvalue weighted by Gasteiger charge is -2.39. The van der Waals surface area contributed by atoms with Gasteiger partial charge in [0.25, 0.3) is 5.91 Å². The van der Waals surface area contributed by atoms with Crippen LogP contribution in [-0.4, -0.2) is 32.9 Å². The van der Waals surface area contributed by atoms with E-state index in [4.69, 9.17) is 10.5 Å². The quantitative estimate of drug-likeness (QED) is 0.528. The number of amides is 1. The molecule has 0 radical (unpaired) electrons. The van der Waals surface area contributed by atoms with Gasteiger partial charge in [0.05, 0.1) is 13.7 Å². The Morgan fingerprint density at radius 2 is 1.59 bits per heavy atom. The second-order valence-electron chi connectivity index (χ2n) is 8.13. The third-order valence-electron chi connectivity index (χ3n) is 5.77. The number of hydrogen-bond donors (Lipinski definition) is 2. The van der Waals surface area contributed by atoms with Gasteiger partial charge in [0.1, 0.15) is 23.1 Å². The van der Waals surface area contributed by atoms with Crippen molar-refractivity contribution < 1.29 is 14.6 Å². The lowest BCUT2D eigenvalue weighted by Crippen LogP contribution is -2.41. The van der Waals surface area contributed by atoms with Crippen LogP contribution in [0.2, 0.25) is 0 Å². The number of carbonyl (C=O) groups excluding carboxylic acids is 1. The first-order chi connectivity index (χ1) is 16.4.